The van der Waals surface area contributed by atoms with Crippen molar-refractivity contribution in [2.45, 2.75) is 6.42 Å². The summed E-state index contributed by atoms with van der Waals surface area (Å²) in [6.45, 7) is 0.911. The van der Waals surface area contributed by atoms with Crippen molar-refractivity contribution in [3.63, 3.8) is 0 Å². The zero-order valence-corrected chi connectivity index (χ0v) is 8.51. The molecular formula is C8H13NO4S. The van der Waals surface area contributed by atoms with Crippen LogP contribution < -0.4 is 5.32 Å². The fourth-order valence-electron chi connectivity index (χ4n) is 2.40. The van der Waals surface area contributed by atoms with E-state index in [0.29, 0.717) is 13.1 Å². The molecule has 2 fully saturated rings. The lowest BCUT2D eigenvalue weighted by atomic mass is 9.76. The molecule has 2 aliphatic rings. The number of rotatable bonds is 1. The fraction of sp³-hybridized carbons (Fsp3) is 0.875. The Morgan fingerprint density at radius 2 is 2.21 bits per heavy atom. The molecular weight excluding hydrogens is 206 g/mol. The number of aliphatic carboxylic acids is 1. The first-order chi connectivity index (χ1) is 6.46. The van der Waals surface area contributed by atoms with Crippen molar-refractivity contribution in [1.29, 1.82) is 0 Å². The van der Waals surface area contributed by atoms with Crippen LogP contribution >= 0.6 is 0 Å². The molecule has 0 saturated carbocycles. The molecule has 80 valence electrons. The molecule has 6 heteroatoms. The predicted molar refractivity (Wildman–Crippen MR) is 49.7 cm³/mol. The van der Waals surface area contributed by atoms with E-state index in [1.54, 1.807) is 0 Å². The summed E-state index contributed by atoms with van der Waals surface area (Å²) in [6, 6.07) is 0. The van der Waals surface area contributed by atoms with Crippen LogP contribution in [0.1, 0.15) is 6.42 Å². The summed E-state index contributed by atoms with van der Waals surface area (Å²) in [5.41, 5.74) is -0.828. The highest BCUT2D eigenvalue weighted by atomic mass is 32.2. The molecule has 0 spiro atoms. The first kappa shape index (κ1) is 9.92. The number of carbonyl (C=O) groups is 1. The summed E-state index contributed by atoms with van der Waals surface area (Å²) >= 11 is 0. The second-order valence-corrected chi connectivity index (χ2v) is 6.38. The van der Waals surface area contributed by atoms with Gasteiger partial charge in [0.2, 0.25) is 0 Å². The third-order valence-corrected chi connectivity index (χ3v) is 5.09. The van der Waals surface area contributed by atoms with Crippen LogP contribution in [0.25, 0.3) is 0 Å². The second kappa shape index (κ2) is 2.93. The van der Waals surface area contributed by atoms with Gasteiger partial charge in [-0.1, -0.05) is 0 Å². The molecule has 5 nitrogen and oxygen atoms in total. The Kier molecular flexibility index (Phi) is 2.08. The van der Waals surface area contributed by atoms with Crippen LogP contribution in [0.5, 0.6) is 0 Å². The van der Waals surface area contributed by atoms with Gasteiger partial charge in [0.25, 0.3) is 0 Å². The van der Waals surface area contributed by atoms with Crippen LogP contribution in [0.2, 0.25) is 0 Å². The van der Waals surface area contributed by atoms with E-state index < -0.39 is 21.2 Å². The van der Waals surface area contributed by atoms with Crippen LogP contribution in [-0.4, -0.2) is 44.1 Å². The SMILES string of the molecule is O=C(O)[C@@]12CCS(=O)(=O)C[C@@H]1CNC2. The van der Waals surface area contributed by atoms with Gasteiger partial charge in [-0.2, -0.15) is 0 Å². The highest BCUT2D eigenvalue weighted by Crippen LogP contribution is 2.40. The summed E-state index contributed by atoms with van der Waals surface area (Å²) < 4.78 is 22.7. The predicted octanol–water partition coefficient (Wildman–Crippen LogP) is -0.905. The molecule has 2 aliphatic heterocycles. The quantitative estimate of drug-likeness (QED) is 0.597. The van der Waals surface area contributed by atoms with Gasteiger partial charge in [-0.05, 0) is 6.42 Å². The molecule has 0 bridgehead atoms. The molecule has 2 rings (SSSR count). The minimum absolute atomic E-state index is 0.0114. The standard InChI is InChI=1S/C8H13NO4S/c10-7(11)8-1-2-14(12,13)4-6(8)3-9-5-8/h6,9H,1-5H2,(H,10,11)/t6-,8+/m0/s1. The van der Waals surface area contributed by atoms with E-state index in [9.17, 15) is 13.2 Å². The molecule has 0 amide bonds. The topological polar surface area (TPSA) is 83.5 Å². The average molecular weight is 219 g/mol. The van der Waals surface area contributed by atoms with Crippen molar-refractivity contribution in [3.05, 3.63) is 0 Å². The van der Waals surface area contributed by atoms with Gasteiger partial charge in [0.1, 0.15) is 0 Å². The zero-order chi connectivity index (χ0) is 10.4. The Hall–Kier alpha value is -0.620. The maximum Gasteiger partial charge on any atom is 0.311 e. The number of carboxylic acid groups (broad SMARTS) is 1. The molecule has 0 aromatic heterocycles. The lowest BCUT2D eigenvalue weighted by Gasteiger charge is -2.34. The third-order valence-electron chi connectivity index (χ3n) is 3.35. The average Bonchev–Trinajstić information content (AvgIpc) is 2.46. The van der Waals surface area contributed by atoms with Crippen LogP contribution in [0, 0.1) is 11.3 Å². The fourth-order valence-corrected chi connectivity index (χ4v) is 4.30. The summed E-state index contributed by atoms with van der Waals surface area (Å²) in [5.74, 6) is -1.08. The molecule has 0 radical (unpaired) electrons. The Morgan fingerprint density at radius 1 is 1.50 bits per heavy atom. The van der Waals surface area contributed by atoms with E-state index in [1.807, 2.05) is 0 Å². The Labute approximate surface area is 82.4 Å². The van der Waals surface area contributed by atoms with Gasteiger partial charge < -0.3 is 10.4 Å². The second-order valence-electron chi connectivity index (χ2n) is 4.15. The largest absolute Gasteiger partial charge is 0.481 e. The van der Waals surface area contributed by atoms with Gasteiger partial charge >= 0.3 is 5.97 Å². The van der Waals surface area contributed by atoms with Gasteiger partial charge in [-0.3, -0.25) is 4.79 Å². The Morgan fingerprint density at radius 3 is 2.86 bits per heavy atom. The molecule has 2 saturated heterocycles. The van der Waals surface area contributed by atoms with Gasteiger partial charge in [0.15, 0.2) is 9.84 Å². The third kappa shape index (κ3) is 1.33. The van der Waals surface area contributed by atoms with E-state index >= 15 is 0 Å². The number of carboxylic acids is 1. The summed E-state index contributed by atoms with van der Waals surface area (Å²) in [5, 5.41) is 12.1. The Bertz CT molecular complexity index is 364. The van der Waals surface area contributed by atoms with Crippen molar-refractivity contribution in [2.75, 3.05) is 24.6 Å². The minimum Gasteiger partial charge on any atom is -0.481 e. The molecule has 2 atom stereocenters. The van der Waals surface area contributed by atoms with E-state index in [-0.39, 0.29) is 23.8 Å². The maximum atomic E-state index is 11.3. The van der Waals surface area contributed by atoms with Gasteiger partial charge in [-0.15, -0.1) is 0 Å². The van der Waals surface area contributed by atoms with Crippen molar-refractivity contribution in [3.8, 4) is 0 Å². The number of sulfone groups is 1. The number of nitrogens with one attached hydrogen (secondary N) is 1. The van der Waals surface area contributed by atoms with E-state index in [4.69, 9.17) is 5.11 Å². The monoisotopic (exact) mass is 219 g/mol. The number of hydrogen-bond acceptors (Lipinski definition) is 4. The normalized spacial score (nSPS) is 40.4. The van der Waals surface area contributed by atoms with E-state index in [1.165, 1.54) is 0 Å². The highest BCUT2D eigenvalue weighted by Gasteiger charge is 2.53. The molecule has 0 aromatic carbocycles. The van der Waals surface area contributed by atoms with Crippen molar-refractivity contribution in [1.82, 2.24) is 5.32 Å². The number of fused-ring (bicyclic) bond motifs is 1. The van der Waals surface area contributed by atoms with E-state index in [0.717, 1.165) is 0 Å². The molecule has 0 unspecified atom stereocenters. The van der Waals surface area contributed by atoms with Crippen LogP contribution in [0.15, 0.2) is 0 Å². The van der Waals surface area contributed by atoms with Gasteiger partial charge in [-0.25, -0.2) is 8.42 Å². The van der Waals surface area contributed by atoms with Crippen molar-refractivity contribution < 1.29 is 18.3 Å². The van der Waals surface area contributed by atoms with Crippen LogP contribution in [0.4, 0.5) is 0 Å². The van der Waals surface area contributed by atoms with Gasteiger partial charge in [0, 0.05) is 19.0 Å². The smallest absolute Gasteiger partial charge is 0.311 e. The van der Waals surface area contributed by atoms with Crippen LogP contribution in [0.3, 0.4) is 0 Å². The molecule has 2 heterocycles. The van der Waals surface area contributed by atoms with E-state index in [2.05, 4.69) is 5.32 Å². The summed E-state index contributed by atoms with van der Waals surface area (Å²) in [7, 11) is -3.01. The molecule has 2 N–H and O–H groups in total. The highest BCUT2D eigenvalue weighted by molar-refractivity contribution is 7.91. The molecule has 14 heavy (non-hydrogen) atoms. The lowest BCUT2D eigenvalue weighted by Crippen LogP contribution is -2.47. The lowest BCUT2D eigenvalue weighted by molar-refractivity contribution is -0.150. The minimum atomic E-state index is -3.01. The van der Waals surface area contributed by atoms with Crippen molar-refractivity contribution in [2.24, 2.45) is 11.3 Å². The first-order valence-corrected chi connectivity index (χ1v) is 6.43. The Balaban J connectivity index is 2.32. The molecule has 0 aliphatic carbocycles. The number of hydrogen-bond donors (Lipinski definition) is 2. The summed E-state index contributed by atoms with van der Waals surface area (Å²) in [6.07, 6.45) is 0.252. The summed E-state index contributed by atoms with van der Waals surface area (Å²) in [4.78, 5) is 11.1. The molecule has 0 aromatic rings. The first-order valence-electron chi connectivity index (χ1n) is 4.61. The van der Waals surface area contributed by atoms with Crippen LogP contribution in [-0.2, 0) is 14.6 Å². The zero-order valence-electron chi connectivity index (χ0n) is 7.69. The van der Waals surface area contributed by atoms with Gasteiger partial charge in [0.05, 0.1) is 16.9 Å². The van der Waals surface area contributed by atoms with Crippen molar-refractivity contribution >= 4 is 15.8 Å². The maximum absolute atomic E-state index is 11.3.